The van der Waals surface area contributed by atoms with E-state index >= 15 is 0 Å². The number of ether oxygens (including phenoxy) is 1. The van der Waals surface area contributed by atoms with Crippen LogP contribution in [0.1, 0.15) is 16.7 Å². The van der Waals surface area contributed by atoms with Gasteiger partial charge in [-0.05, 0) is 43.7 Å². The fourth-order valence-corrected chi connectivity index (χ4v) is 2.33. The molecule has 0 saturated carbocycles. The zero-order valence-electron chi connectivity index (χ0n) is 12.4. The topological polar surface area (TPSA) is 21.3 Å². The predicted molar refractivity (Wildman–Crippen MR) is 80.6 cm³/mol. The zero-order valence-corrected chi connectivity index (χ0v) is 12.4. The van der Waals surface area contributed by atoms with E-state index in [1.54, 1.807) is 20.2 Å². The highest BCUT2D eigenvalue weighted by Crippen LogP contribution is 2.35. The lowest BCUT2D eigenvalue weighted by Crippen LogP contribution is -2.06. The van der Waals surface area contributed by atoms with Gasteiger partial charge in [0.15, 0.2) is 0 Å². The molecule has 0 aliphatic heterocycles. The SMILES string of the molecule is CNCc1ccc(-c2ccc(C)c(C)c2OC)cc1F. The third-order valence-electron chi connectivity index (χ3n) is 3.61. The van der Waals surface area contributed by atoms with Crippen LogP contribution in [0.3, 0.4) is 0 Å². The normalized spacial score (nSPS) is 10.7. The Balaban J connectivity index is 2.52. The van der Waals surface area contributed by atoms with Crippen LogP contribution in [0.4, 0.5) is 4.39 Å². The Morgan fingerprint density at radius 2 is 1.90 bits per heavy atom. The molecular formula is C17H20FNO. The predicted octanol–water partition coefficient (Wildman–Crippen LogP) is 3.84. The van der Waals surface area contributed by atoms with Crippen LogP contribution in [0.25, 0.3) is 11.1 Å². The number of nitrogens with one attached hydrogen (secondary N) is 1. The van der Waals surface area contributed by atoms with Crippen molar-refractivity contribution in [1.82, 2.24) is 5.32 Å². The van der Waals surface area contributed by atoms with Crippen molar-refractivity contribution in [3.63, 3.8) is 0 Å². The minimum atomic E-state index is -0.197. The molecule has 0 heterocycles. The highest BCUT2D eigenvalue weighted by molar-refractivity contribution is 5.73. The first-order chi connectivity index (χ1) is 9.58. The number of benzene rings is 2. The Kier molecular flexibility index (Phi) is 4.40. The van der Waals surface area contributed by atoms with E-state index in [-0.39, 0.29) is 5.82 Å². The lowest BCUT2D eigenvalue weighted by Gasteiger charge is -2.14. The Morgan fingerprint density at radius 3 is 2.50 bits per heavy atom. The Labute approximate surface area is 119 Å². The number of halogens is 1. The quantitative estimate of drug-likeness (QED) is 0.914. The summed E-state index contributed by atoms with van der Waals surface area (Å²) in [5, 5.41) is 2.96. The maximum atomic E-state index is 14.1. The smallest absolute Gasteiger partial charge is 0.129 e. The van der Waals surface area contributed by atoms with Crippen molar-refractivity contribution < 1.29 is 9.13 Å². The molecule has 0 saturated heterocycles. The third kappa shape index (κ3) is 2.68. The van der Waals surface area contributed by atoms with Crippen molar-refractivity contribution in [2.45, 2.75) is 20.4 Å². The van der Waals surface area contributed by atoms with Crippen molar-refractivity contribution in [2.24, 2.45) is 0 Å². The summed E-state index contributed by atoms with van der Waals surface area (Å²) in [6, 6.07) is 9.33. The van der Waals surface area contributed by atoms with Crippen molar-refractivity contribution in [2.75, 3.05) is 14.2 Å². The first-order valence-electron chi connectivity index (χ1n) is 6.66. The molecule has 2 nitrogen and oxygen atoms in total. The summed E-state index contributed by atoms with van der Waals surface area (Å²) in [6.07, 6.45) is 0. The second-order valence-electron chi connectivity index (χ2n) is 4.92. The average molecular weight is 273 g/mol. The van der Waals surface area contributed by atoms with Crippen molar-refractivity contribution in [3.05, 3.63) is 52.8 Å². The van der Waals surface area contributed by atoms with Crippen molar-refractivity contribution in [3.8, 4) is 16.9 Å². The molecule has 20 heavy (non-hydrogen) atoms. The molecule has 0 aromatic heterocycles. The molecule has 3 heteroatoms. The Bertz CT molecular complexity index is 623. The van der Waals surface area contributed by atoms with E-state index in [0.717, 1.165) is 28.0 Å². The molecule has 106 valence electrons. The summed E-state index contributed by atoms with van der Waals surface area (Å²) < 4.78 is 19.6. The summed E-state index contributed by atoms with van der Waals surface area (Å²) in [6.45, 7) is 4.58. The van der Waals surface area contributed by atoms with Gasteiger partial charge in [-0.2, -0.15) is 0 Å². The lowest BCUT2D eigenvalue weighted by atomic mass is 9.97. The van der Waals surface area contributed by atoms with Crippen molar-refractivity contribution in [1.29, 1.82) is 0 Å². The number of hydrogen-bond donors (Lipinski definition) is 1. The van der Waals surface area contributed by atoms with Gasteiger partial charge in [0.1, 0.15) is 11.6 Å². The standard InChI is InChI=1S/C17H20FNO/c1-11-5-8-15(17(20-4)12(11)2)13-6-7-14(10-19-3)16(18)9-13/h5-9,19H,10H2,1-4H3. The average Bonchev–Trinajstić information content (AvgIpc) is 2.44. The number of rotatable bonds is 4. The summed E-state index contributed by atoms with van der Waals surface area (Å²) >= 11 is 0. The van der Waals surface area contributed by atoms with Gasteiger partial charge in [-0.1, -0.05) is 24.3 Å². The van der Waals surface area contributed by atoms with Gasteiger partial charge in [0.05, 0.1) is 7.11 Å². The van der Waals surface area contributed by atoms with E-state index in [1.807, 2.05) is 38.1 Å². The molecule has 2 rings (SSSR count). The fraction of sp³-hybridized carbons (Fsp3) is 0.294. The molecule has 0 atom stereocenters. The second kappa shape index (κ2) is 6.06. The number of methoxy groups -OCH3 is 1. The molecule has 0 unspecified atom stereocenters. The van der Waals surface area contributed by atoms with Crippen molar-refractivity contribution >= 4 is 0 Å². The van der Waals surface area contributed by atoms with Gasteiger partial charge in [-0.3, -0.25) is 0 Å². The lowest BCUT2D eigenvalue weighted by molar-refractivity contribution is 0.413. The summed E-state index contributed by atoms with van der Waals surface area (Å²) in [4.78, 5) is 0. The van der Waals surface area contributed by atoms with E-state index in [1.165, 1.54) is 0 Å². The van der Waals surface area contributed by atoms with Crippen LogP contribution in [0.15, 0.2) is 30.3 Å². The first-order valence-corrected chi connectivity index (χ1v) is 6.66. The molecule has 0 fully saturated rings. The molecule has 0 amide bonds. The van der Waals surface area contributed by atoms with Gasteiger partial charge in [-0.15, -0.1) is 0 Å². The third-order valence-corrected chi connectivity index (χ3v) is 3.61. The van der Waals surface area contributed by atoms with Crippen LogP contribution in [0.5, 0.6) is 5.75 Å². The molecule has 1 N–H and O–H groups in total. The summed E-state index contributed by atoms with van der Waals surface area (Å²) in [7, 11) is 3.46. The van der Waals surface area contributed by atoms with Gasteiger partial charge in [-0.25, -0.2) is 4.39 Å². The molecular weight excluding hydrogens is 253 g/mol. The maximum absolute atomic E-state index is 14.1. The van der Waals surface area contributed by atoms with Crippen LogP contribution in [-0.2, 0) is 6.54 Å². The van der Waals surface area contributed by atoms with Crippen LogP contribution >= 0.6 is 0 Å². The monoisotopic (exact) mass is 273 g/mol. The van der Waals surface area contributed by atoms with E-state index < -0.39 is 0 Å². The molecule has 0 aliphatic rings. The van der Waals surface area contributed by atoms with Crippen LogP contribution < -0.4 is 10.1 Å². The summed E-state index contributed by atoms with van der Waals surface area (Å²) in [5.74, 6) is 0.614. The fourth-order valence-electron chi connectivity index (χ4n) is 2.33. The zero-order chi connectivity index (χ0) is 14.7. The van der Waals surface area contributed by atoms with Crippen LogP contribution in [-0.4, -0.2) is 14.2 Å². The molecule has 2 aromatic carbocycles. The van der Waals surface area contributed by atoms with Gasteiger partial charge in [0.2, 0.25) is 0 Å². The summed E-state index contributed by atoms with van der Waals surface area (Å²) in [5.41, 5.74) is 4.68. The van der Waals surface area contributed by atoms with Gasteiger partial charge < -0.3 is 10.1 Å². The van der Waals surface area contributed by atoms with Gasteiger partial charge in [0, 0.05) is 17.7 Å². The second-order valence-corrected chi connectivity index (χ2v) is 4.92. The molecule has 0 bridgehead atoms. The Morgan fingerprint density at radius 1 is 1.15 bits per heavy atom. The highest BCUT2D eigenvalue weighted by atomic mass is 19.1. The molecule has 0 aliphatic carbocycles. The Hall–Kier alpha value is -1.87. The van der Waals surface area contributed by atoms with E-state index in [2.05, 4.69) is 5.32 Å². The number of hydrogen-bond acceptors (Lipinski definition) is 2. The minimum absolute atomic E-state index is 0.197. The largest absolute Gasteiger partial charge is 0.496 e. The molecule has 0 radical (unpaired) electrons. The minimum Gasteiger partial charge on any atom is -0.496 e. The molecule has 2 aromatic rings. The highest BCUT2D eigenvalue weighted by Gasteiger charge is 2.12. The maximum Gasteiger partial charge on any atom is 0.129 e. The molecule has 0 spiro atoms. The first kappa shape index (κ1) is 14.5. The van der Waals surface area contributed by atoms with E-state index in [9.17, 15) is 4.39 Å². The van der Waals surface area contributed by atoms with E-state index in [0.29, 0.717) is 12.1 Å². The van der Waals surface area contributed by atoms with Gasteiger partial charge in [0.25, 0.3) is 0 Å². The van der Waals surface area contributed by atoms with Gasteiger partial charge >= 0.3 is 0 Å². The van der Waals surface area contributed by atoms with E-state index in [4.69, 9.17) is 4.74 Å². The van der Waals surface area contributed by atoms with Crippen LogP contribution in [0, 0.1) is 19.7 Å². The van der Waals surface area contributed by atoms with Crippen LogP contribution in [0.2, 0.25) is 0 Å². The number of aryl methyl sites for hydroxylation is 1.